The Morgan fingerprint density at radius 1 is 1.34 bits per heavy atom. The summed E-state index contributed by atoms with van der Waals surface area (Å²) in [6.45, 7) is 4.74. The number of amides is 1. The Hall–Kier alpha value is -2.84. The molecular formula is C20H24F2N6O. The number of hydrogen-bond donors (Lipinski definition) is 0. The molecule has 1 fully saturated rings. The van der Waals surface area contributed by atoms with Gasteiger partial charge >= 0.3 is 0 Å². The van der Waals surface area contributed by atoms with E-state index >= 15 is 0 Å². The van der Waals surface area contributed by atoms with Crippen molar-refractivity contribution in [2.24, 2.45) is 0 Å². The second-order valence-corrected chi connectivity index (χ2v) is 7.57. The molecule has 0 atom stereocenters. The van der Waals surface area contributed by atoms with E-state index in [-0.39, 0.29) is 23.9 Å². The molecule has 29 heavy (non-hydrogen) atoms. The molecule has 1 aliphatic carbocycles. The predicted molar refractivity (Wildman–Crippen MR) is 104 cm³/mol. The zero-order valence-electron chi connectivity index (χ0n) is 16.8. The van der Waals surface area contributed by atoms with Gasteiger partial charge in [0, 0.05) is 37.0 Å². The summed E-state index contributed by atoms with van der Waals surface area (Å²) in [7, 11) is 1.69. The van der Waals surface area contributed by atoms with Gasteiger partial charge in [0.25, 0.3) is 6.43 Å². The number of pyridine rings is 1. The number of aromatic nitrogens is 5. The third-order valence-electron chi connectivity index (χ3n) is 5.29. The minimum atomic E-state index is -2.61. The van der Waals surface area contributed by atoms with E-state index in [0.29, 0.717) is 29.0 Å². The molecule has 0 aromatic carbocycles. The molecule has 1 saturated carbocycles. The van der Waals surface area contributed by atoms with Crippen LogP contribution in [0, 0.1) is 6.92 Å². The van der Waals surface area contributed by atoms with Crippen molar-refractivity contribution in [3.8, 4) is 0 Å². The lowest BCUT2D eigenvalue weighted by Crippen LogP contribution is -2.30. The van der Waals surface area contributed by atoms with Crippen molar-refractivity contribution in [2.45, 2.75) is 58.7 Å². The van der Waals surface area contributed by atoms with Crippen LogP contribution in [-0.4, -0.2) is 42.4 Å². The average molecular weight is 402 g/mol. The summed E-state index contributed by atoms with van der Waals surface area (Å²) in [6.07, 6.45) is 1.18. The number of fused-ring (bicyclic) bond motifs is 1. The maximum atomic E-state index is 13.7. The average Bonchev–Trinajstić information content (AvgIpc) is 3.37. The zero-order valence-corrected chi connectivity index (χ0v) is 16.8. The second-order valence-electron chi connectivity index (χ2n) is 7.57. The van der Waals surface area contributed by atoms with Gasteiger partial charge in [0.2, 0.25) is 5.91 Å². The van der Waals surface area contributed by atoms with Gasteiger partial charge in [-0.1, -0.05) is 0 Å². The highest BCUT2D eigenvalue weighted by Crippen LogP contribution is 2.41. The first-order valence-corrected chi connectivity index (χ1v) is 9.79. The van der Waals surface area contributed by atoms with Crippen LogP contribution in [0.25, 0.3) is 11.0 Å². The van der Waals surface area contributed by atoms with Crippen LogP contribution in [0.1, 0.15) is 54.8 Å². The van der Waals surface area contributed by atoms with Gasteiger partial charge in [-0.25, -0.2) is 18.4 Å². The first kappa shape index (κ1) is 19.5. The van der Waals surface area contributed by atoms with E-state index in [0.717, 1.165) is 25.1 Å². The number of carbonyl (C=O) groups is 1. The maximum Gasteiger partial charge on any atom is 0.264 e. The molecule has 0 radical (unpaired) electrons. The molecule has 0 spiro atoms. The van der Waals surface area contributed by atoms with E-state index in [2.05, 4.69) is 15.2 Å². The number of aryl methyl sites for hydroxylation is 2. The Kier molecular flexibility index (Phi) is 5.06. The van der Waals surface area contributed by atoms with Crippen molar-refractivity contribution >= 4 is 16.9 Å². The Balaban J connectivity index is 1.60. The van der Waals surface area contributed by atoms with Crippen LogP contribution in [0.15, 0.2) is 18.3 Å². The van der Waals surface area contributed by atoms with E-state index in [1.165, 1.54) is 10.7 Å². The Labute approximate surface area is 167 Å². The van der Waals surface area contributed by atoms with Gasteiger partial charge in [-0.05, 0) is 38.8 Å². The first-order valence-electron chi connectivity index (χ1n) is 9.79. The molecule has 0 N–H and O–H groups in total. The molecule has 0 unspecified atom stereocenters. The van der Waals surface area contributed by atoms with Crippen molar-refractivity contribution in [3.05, 3.63) is 41.0 Å². The maximum absolute atomic E-state index is 13.7. The van der Waals surface area contributed by atoms with Gasteiger partial charge in [-0.15, -0.1) is 0 Å². The molecule has 7 nitrogen and oxygen atoms in total. The van der Waals surface area contributed by atoms with Gasteiger partial charge in [0.15, 0.2) is 5.65 Å². The molecule has 1 amide bonds. The number of nitrogens with zero attached hydrogens (tertiary/aromatic N) is 6. The van der Waals surface area contributed by atoms with Crippen molar-refractivity contribution < 1.29 is 13.6 Å². The zero-order chi connectivity index (χ0) is 20.7. The van der Waals surface area contributed by atoms with E-state index < -0.39 is 6.43 Å². The van der Waals surface area contributed by atoms with Crippen LogP contribution >= 0.6 is 0 Å². The molecule has 3 aromatic heterocycles. The highest BCUT2D eigenvalue weighted by atomic mass is 19.3. The van der Waals surface area contributed by atoms with E-state index in [9.17, 15) is 13.6 Å². The fourth-order valence-corrected chi connectivity index (χ4v) is 3.52. The number of likely N-dealkylation sites (N-methyl/N-ethyl adjacent to an activating group) is 1. The summed E-state index contributed by atoms with van der Waals surface area (Å²) in [6, 6.07) is 3.38. The summed E-state index contributed by atoms with van der Waals surface area (Å²) < 4.78 is 30.6. The fourth-order valence-electron chi connectivity index (χ4n) is 3.52. The van der Waals surface area contributed by atoms with E-state index in [1.807, 2.05) is 19.2 Å². The normalized spacial score (nSPS) is 14.1. The summed E-state index contributed by atoms with van der Waals surface area (Å²) in [5, 5.41) is 9.09. The number of carbonyl (C=O) groups excluding carboxylic acids is 1. The van der Waals surface area contributed by atoms with Crippen molar-refractivity contribution in [1.82, 2.24) is 29.4 Å². The minimum Gasteiger partial charge on any atom is -0.338 e. The van der Waals surface area contributed by atoms with Crippen LogP contribution in [0.3, 0.4) is 0 Å². The highest BCUT2D eigenvalue weighted by Gasteiger charge is 2.29. The fraction of sp³-hybridized carbons (Fsp3) is 0.500. The smallest absolute Gasteiger partial charge is 0.264 e. The molecule has 0 bridgehead atoms. The molecule has 3 heterocycles. The molecule has 1 aliphatic rings. The quantitative estimate of drug-likeness (QED) is 0.607. The monoisotopic (exact) mass is 402 g/mol. The SMILES string of the molecule is CCn1ccc(CN(C)C(=O)Cn2nc(C)c3c(C(F)F)cc(C4CC4)nc32)n1. The third-order valence-corrected chi connectivity index (χ3v) is 5.29. The Bertz CT molecular complexity index is 1050. The molecule has 3 aromatic rings. The van der Waals surface area contributed by atoms with Crippen LogP contribution in [0.4, 0.5) is 8.78 Å². The molecule has 0 aliphatic heterocycles. The summed E-state index contributed by atoms with van der Waals surface area (Å²) in [5.74, 6) is 0.0466. The Morgan fingerprint density at radius 3 is 2.72 bits per heavy atom. The molecule has 4 rings (SSSR count). The van der Waals surface area contributed by atoms with Crippen LogP contribution < -0.4 is 0 Å². The molecule has 0 saturated heterocycles. The van der Waals surface area contributed by atoms with Crippen LogP contribution in [0.2, 0.25) is 0 Å². The lowest BCUT2D eigenvalue weighted by atomic mass is 10.1. The summed E-state index contributed by atoms with van der Waals surface area (Å²) >= 11 is 0. The van der Waals surface area contributed by atoms with E-state index in [4.69, 9.17) is 0 Å². The largest absolute Gasteiger partial charge is 0.338 e. The van der Waals surface area contributed by atoms with Crippen LogP contribution in [-0.2, 0) is 24.4 Å². The molecule has 154 valence electrons. The summed E-state index contributed by atoms with van der Waals surface area (Å²) in [4.78, 5) is 18.9. The number of hydrogen-bond acceptors (Lipinski definition) is 4. The van der Waals surface area contributed by atoms with Gasteiger partial charge in [-0.3, -0.25) is 9.48 Å². The van der Waals surface area contributed by atoms with Crippen molar-refractivity contribution in [1.29, 1.82) is 0 Å². The topological polar surface area (TPSA) is 68.8 Å². The lowest BCUT2D eigenvalue weighted by Gasteiger charge is -2.16. The highest BCUT2D eigenvalue weighted by molar-refractivity contribution is 5.85. The van der Waals surface area contributed by atoms with Crippen molar-refractivity contribution in [3.63, 3.8) is 0 Å². The standard InChI is InChI=1S/C20H24F2N6O/c1-4-27-8-7-14(25-27)10-26(3)17(29)11-28-20-18(12(2)24-28)15(19(21)22)9-16(23-20)13-5-6-13/h7-9,13,19H,4-6,10-11H2,1-3H3. The molecule has 9 heteroatoms. The van der Waals surface area contributed by atoms with Crippen molar-refractivity contribution in [2.75, 3.05) is 7.05 Å². The van der Waals surface area contributed by atoms with Gasteiger partial charge < -0.3 is 4.90 Å². The van der Waals surface area contributed by atoms with Gasteiger partial charge in [0.1, 0.15) is 6.54 Å². The minimum absolute atomic E-state index is 0.0495. The predicted octanol–water partition coefficient (Wildman–Crippen LogP) is 3.43. The summed E-state index contributed by atoms with van der Waals surface area (Å²) in [5.41, 5.74) is 2.23. The van der Waals surface area contributed by atoms with Gasteiger partial charge in [-0.2, -0.15) is 10.2 Å². The van der Waals surface area contributed by atoms with Gasteiger partial charge in [0.05, 0.1) is 23.3 Å². The number of halogens is 2. The second kappa shape index (κ2) is 7.53. The number of rotatable bonds is 7. The van der Waals surface area contributed by atoms with E-state index in [1.54, 1.807) is 23.6 Å². The first-order chi connectivity index (χ1) is 13.9. The molecular weight excluding hydrogens is 378 g/mol. The van der Waals surface area contributed by atoms with Crippen LogP contribution in [0.5, 0.6) is 0 Å². The third kappa shape index (κ3) is 3.86. The lowest BCUT2D eigenvalue weighted by molar-refractivity contribution is -0.131. The number of alkyl halides is 2. The Morgan fingerprint density at radius 2 is 2.10 bits per heavy atom.